The average molecular weight is 409 g/mol. The van der Waals surface area contributed by atoms with Gasteiger partial charge in [0.05, 0.1) is 12.9 Å². The van der Waals surface area contributed by atoms with Crippen molar-refractivity contribution in [3.05, 3.63) is 66.7 Å². The highest BCUT2D eigenvalue weighted by Gasteiger charge is 2.16. The minimum absolute atomic E-state index is 0.108. The molecule has 1 N–H and O–H groups in total. The molecule has 0 saturated carbocycles. The summed E-state index contributed by atoms with van der Waals surface area (Å²) in [4.78, 5) is 12.3. The summed E-state index contributed by atoms with van der Waals surface area (Å²) in [6.07, 6.45) is 2.72. The van der Waals surface area contributed by atoms with Crippen molar-refractivity contribution < 1.29 is 9.53 Å². The van der Waals surface area contributed by atoms with Crippen molar-refractivity contribution in [1.29, 1.82) is 0 Å². The van der Waals surface area contributed by atoms with E-state index in [1.54, 1.807) is 31.4 Å². The van der Waals surface area contributed by atoms with Crippen LogP contribution in [0.2, 0.25) is 0 Å². The molecule has 1 aromatic heterocycles. The summed E-state index contributed by atoms with van der Waals surface area (Å²) in [5, 5.41) is 12.3. The van der Waals surface area contributed by atoms with E-state index < -0.39 is 0 Å². The number of ether oxygens (including phenoxy) is 1. The van der Waals surface area contributed by atoms with Gasteiger partial charge in [-0.1, -0.05) is 49.0 Å². The van der Waals surface area contributed by atoms with Crippen LogP contribution in [0.4, 0.5) is 5.69 Å². The predicted octanol–water partition coefficient (Wildman–Crippen LogP) is 4.43. The minimum Gasteiger partial charge on any atom is -0.497 e. The van der Waals surface area contributed by atoms with E-state index in [9.17, 15) is 4.79 Å². The van der Waals surface area contributed by atoms with Crippen LogP contribution >= 0.6 is 11.8 Å². The summed E-state index contributed by atoms with van der Waals surface area (Å²) in [7, 11) is 1.61. The average Bonchev–Trinajstić information content (AvgIpc) is 3.15. The van der Waals surface area contributed by atoms with Gasteiger partial charge in [-0.25, -0.2) is 0 Å². The summed E-state index contributed by atoms with van der Waals surface area (Å²) in [6.45, 7) is 6.53. The third-order valence-corrected chi connectivity index (χ3v) is 5.34. The van der Waals surface area contributed by atoms with E-state index in [1.807, 2.05) is 28.8 Å². The largest absolute Gasteiger partial charge is 0.497 e. The Morgan fingerprint density at radius 1 is 1.21 bits per heavy atom. The smallest absolute Gasteiger partial charge is 0.234 e. The number of benzene rings is 2. The summed E-state index contributed by atoms with van der Waals surface area (Å²) in [5.41, 5.74) is 2.99. The number of carbonyl (C=O) groups is 1. The van der Waals surface area contributed by atoms with Gasteiger partial charge in [-0.15, -0.1) is 16.8 Å². The van der Waals surface area contributed by atoms with Gasteiger partial charge in [0.1, 0.15) is 5.75 Å². The maximum atomic E-state index is 12.3. The molecule has 0 unspecified atom stereocenters. The van der Waals surface area contributed by atoms with E-state index in [-0.39, 0.29) is 11.7 Å². The van der Waals surface area contributed by atoms with Crippen LogP contribution in [0.25, 0.3) is 11.4 Å². The number of aromatic nitrogens is 3. The highest BCUT2D eigenvalue weighted by atomic mass is 32.2. The molecular formula is C22H24N4O2S. The number of carbonyl (C=O) groups excluding carboxylic acids is 1. The molecular weight excluding hydrogens is 384 g/mol. The van der Waals surface area contributed by atoms with Gasteiger partial charge >= 0.3 is 0 Å². The number of methoxy groups -OCH3 is 1. The zero-order valence-corrected chi connectivity index (χ0v) is 17.4. The fourth-order valence-electron chi connectivity index (χ4n) is 2.94. The Morgan fingerprint density at radius 2 is 1.97 bits per heavy atom. The molecule has 0 spiro atoms. The van der Waals surface area contributed by atoms with E-state index in [4.69, 9.17) is 4.74 Å². The van der Waals surface area contributed by atoms with Gasteiger partial charge in [-0.2, -0.15) is 0 Å². The van der Waals surface area contributed by atoms with Gasteiger partial charge in [0, 0.05) is 17.8 Å². The van der Waals surface area contributed by atoms with Gasteiger partial charge in [0.25, 0.3) is 0 Å². The Labute approximate surface area is 175 Å². The molecule has 0 aliphatic carbocycles. The monoisotopic (exact) mass is 408 g/mol. The summed E-state index contributed by atoms with van der Waals surface area (Å²) >= 11 is 1.36. The molecule has 0 saturated heterocycles. The normalized spacial score (nSPS) is 10.6. The maximum absolute atomic E-state index is 12.3. The number of nitrogens with one attached hydrogen (secondary N) is 1. The first-order valence-electron chi connectivity index (χ1n) is 9.35. The highest BCUT2D eigenvalue weighted by molar-refractivity contribution is 7.99. The van der Waals surface area contributed by atoms with E-state index in [0.717, 1.165) is 29.2 Å². The molecule has 0 bridgehead atoms. The van der Waals surface area contributed by atoms with Crippen molar-refractivity contribution in [3.63, 3.8) is 0 Å². The quantitative estimate of drug-likeness (QED) is 0.419. The molecule has 3 aromatic rings. The summed E-state index contributed by atoms with van der Waals surface area (Å²) in [5.74, 6) is 1.66. The topological polar surface area (TPSA) is 69.0 Å². The lowest BCUT2D eigenvalue weighted by Crippen LogP contribution is -2.14. The second kappa shape index (κ2) is 9.93. The SMILES string of the molecule is C=CCn1c(SCC(=O)Nc2ccc(OC)cc2)nnc1-c1ccccc1CC. The second-order valence-electron chi connectivity index (χ2n) is 6.28. The molecule has 3 rings (SSSR count). The van der Waals surface area contributed by atoms with Gasteiger partial charge in [0.15, 0.2) is 11.0 Å². The Hall–Kier alpha value is -3.06. The van der Waals surface area contributed by atoms with E-state index in [1.165, 1.54) is 17.3 Å². The number of amides is 1. The molecule has 0 aliphatic rings. The lowest BCUT2D eigenvalue weighted by molar-refractivity contribution is -0.113. The van der Waals surface area contributed by atoms with E-state index >= 15 is 0 Å². The maximum Gasteiger partial charge on any atom is 0.234 e. The molecule has 2 aromatic carbocycles. The minimum atomic E-state index is -0.108. The highest BCUT2D eigenvalue weighted by Crippen LogP contribution is 2.27. The molecule has 0 atom stereocenters. The third-order valence-electron chi connectivity index (χ3n) is 4.37. The molecule has 0 radical (unpaired) electrons. The van der Waals surface area contributed by atoms with Crippen molar-refractivity contribution >= 4 is 23.4 Å². The molecule has 29 heavy (non-hydrogen) atoms. The summed E-state index contributed by atoms with van der Waals surface area (Å²) < 4.78 is 7.12. The lowest BCUT2D eigenvalue weighted by atomic mass is 10.0. The molecule has 0 fully saturated rings. The second-order valence-corrected chi connectivity index (χ2v) is 7.22. The van der Waals surface area contributed by atoms with Crippen molar-refractivity contribution in [2.75, 3.05) is 18.2 Å². The first-order chi connectivity index (χ1) is 14.2. The molecule has 7 heteroatoms. The van der Waals surface area contributed by atoms with Crippen molar-refractivity contribution in [2.24, 2.45) is 0 Å². The van der Waals surface area contributed by atoms with Crippen LogP contribution in [0.3, 0.4) is 0 Å². The number of nitrogens with zero attached hydrogens (tertiary/aromatic N) is 3. The number of allylic oxidation sites excluding steroid dienone is 1. The van der Waals surface area contributed by atoms with E-state index in [0.29, 0.717) is 11.7 Å². The Balaban J connectivity index is 1.72. The van der Waals surface area contributed by atoms with E-state index in [2.05, 4.69) is 35.1 Å². The number of aryl methyl sites for hydroxylation is 1. The van der Waals surface area contributed by atoms with Crippen LogP contribution in [0.1, 0.15) is 12.5 Å². The zero-order valence-electron chi connectivity index (χ0n) is 16.6. The molecule has 1 heterocycles. The van der Waals surface area contributed by atoms with Crippen LogP contribution in [0, 0.1) is 0 Å². The first kappa shape index (κ1) is 20.7. The van der Waals surface area contributed by atoms with Gasteiger partial charge in [-0.3, -0.25) is 9.36 Å². The molecule has 150 valence electrons. The fraction of sp³-hybridized carbons (Fsp3) is 0.227. The Morgan fingerprint density at radius 3 is 2.66 bits per heavy atom. The van der Waals surface area contributed by atoms with Crippen LogP contribution in [0.15, 0.2) is 66.3 Å². The van der Waals surface area contributed by atoms with Crippen LogP contribution < -0.4 is 10.1 Å². The van der Waals surface area contributed by atoms with Crippen molar-refractivity contribution in [3.8, 4) is 17.1 Å². The number of rotatable bonds is 9. The van der Waals surface area contributed by atoms with Crippen molar-refractivity contribution in [1.82, 2.24) is 14.8 Å². The number of thioether (sulfide) groups is 1. The lowest BCUT2D eigenvalue weighted by Gasteiger charge is -2.10. The number of hydrogen-bond donors (Lipinski definition) is 1. The predicted molar refractivity (Wildman–Crippen MR) is 117 cm³/mol. The van der Waals surface area contributed by atoms with Gasteiger partial charge < -0.3 is 10.1 Å². The Bertz CT molecular complexity index is 983. The zero-order chi connectivity index (χ0) is 20.6. The summed E-state index contributed by atoms with van der Waals surface area (Å²) in [6, 6.07) is 15.4. The molecule has 0 aliphatic heterocycles. The molecule has 6 nitrogen and oxygen atoms in total. The third kappa shape index (κ3) is 5.06. The molecule has 1 amide bonds. The van der Waals surface area contributed by atoms with Crippen LogP contribution in [0.5, 0.6) is 5.75 Å². The standard InChI is InChI=1S/C22H24N4O2S/c1-4-14-26-21(19-9-7-6-8-16(19)5-2)24-25-22(26)29-15-20(27)23-17-10-12-18(28-3)13-11-17/h4,6-13H,1,5,14-15H2,2-3H3,(H,23,27). The number of anilines is 1. The van der Waals surface area contributed by atoms with Gasteiger partial charge in [-0.05, 0) is 36.2 Å². The van der Waals surface area contributed by atoms with Gasteiger partial charge in [0.2, 0.25) is 5.91 Å². The fourth-order valence-corrected chi connectivity index (χ4v) is 3.68. The number of hydrogen-bond acceptors (Lipinski definition) is 5. The Kier molecular flexibility index (Phi) is 7.08. The van der Waals surface area contributed by atoms with Crippen LogP contribution in [-0.2, 0) is 17.8 Å². The van der Waals surface area contributed by atoms with Crippen molar-refractivity contribution in [2.45, 2.75) is 25.0 Å². The van der Waals surface area contributed by atoms with Crippen LogP contribution in [-0.4, -0.2) is 33.5 Å². The first-order valence-corrected chi connectivity index (χ1v) is 10.3.